The summed E-state index contributed by atoms with van der Waals surface area (Å²) in [6.45, 7) is 1.66. The van der Waals surface area contributed by atoms with E-state index >= 15 is 0 Å². The molecule has 3 nitrogen and oxygen atoms in total. The van der Waals surface area contributed by atoms with Crippen LogP contribution < -0.4 is 15.9 Å². The van der Waals surface area contributed by atoms with Crippen LogP contribution in [0.15, 0.2) is 120 Å². The van der Waals surface area contributed by atoms with Gasteiger partial charge < -0.3 is 4.55 Å². The van der Waals surface area contributed by atoms with Gasteiger partial charge in [-0.25, -0.2) is 8.42 Å². The van der Waals surface area contributed by atoms with Crippen molar-refractivity contribution < 1.29 is 17.4 Å². The van der Waals surface area contributed by atoms with Crippen LogP contribution in [0.2, 0.25) is 0 Å². The van der Waals surface area contributed by atoms with Gasteiger partial charge in [0, 0.05) is 0 Å². The maximum Gasteiger partial charge on any atom is 0.124 e. The smallest absolute Gasteiger partial charge is 0.124 e. The van der Waals surface area contributed by atoms with Gasteiger partial charge in [0.2, 0.25) is 0 Å². The lowest BCUT2D eigenvalue weighted by Gasteiger charge is -2.27. The molecule has 4 aromatic rings. The molecule has 0 saturated carbocycles. The number of unbranched alkanes of at least 4 members (excludes halogenated alkanes) is 8. The summed E-state index contributed by atoms with van der Waals surface area (Å²) >= 11 is 0. The number of aryl methyl sites for hydroxylation is 1. The van der Waals surface area contributed by atoms with Crippen LogP contribution in [0.4, 0.5) is 4.39 Å². The molecule has 0 atom stereocenters. The van der Waals surface area contributed by atoms with Crippen molar-refractivity contribution in [1.82, 2.24) is 0 Å². The summed E-state index contributed by atoms with van der Waals surface area (Å²) in [5, 5.41) is 4.46. The molecule has 0 bridgehead atoms. The molecule has 0 amide bonds. The molecule has 0 aliphatic heterocycles. The molecule has 0 aliphatic rings. The Labute approximate surface area is 253 Å². The number of alkyl halides is 1. The highest BCUT2D eigenvalue weighted by molar-refractivity contribution is 7.95. The Kier molecular flexibility index (Phi) is 14.4. The second-order valence-electron chi connectivity index (χ2n) is 10.7. The predicted molar refractivity (Wildman–Crippen MR) is 177 cm³/mol. The third kappa shape index (κ3) is 10.5. The predicted octanol–water partition coefficient (Wildman–Crippen LogP) is 8.36. The van der Waals surface area contributed by atoms with Crippen molar-refractivity contribution in [3.05, 3.63) is 121 Å². The van der Waals surface area contributed by atoms with Crippen molar-refractivity contribution in [2.24, 2.45) is 0 Å². The second-order valence-corrected chi connectivity index (χ2v) is 15.7. The number of hydrogen-bond donors (Lipinski definition) is 0. The monoisotopic (exact) mass is 606 g/mol. The van der Waals surface area contributed by atoms with Crippen molar-refractivity contribution in [2.75, 3.05) is 12.8 Å². The minimum atomic E-state index is -4.27. The van der Waals surface area contributed by atoms with Crippen molar-refractivity contribution in [3.63, 3.8) is 0 Å². The zero-order chi connectivity index (χ0) is 30.1. The number of hydrogen-bond acceptors (Lipinski definition) is 3. The SMILES string of the molecule is Cc1ccc(S(=O)(=O)[O-])cc1.FCCCCCCCCCCC[P+](c1ccccc1)(c1ccccc1)c1ccccc1. The van der Waals surface area contributed by atoms with Crippen LogP contribution >= 0.6 is 7.26 Å². The molecule has 0 spiro atoms. The van der Waals surface area contributed by atoms with Gasteiger partial charge in [-0.15, -0.1) is 0 Å². The van der Waals surface area contributed by atoms with Gasteiger partial charge in [0.05, 0.1) is 17.7 Å². The summed E-state index contributed by atoms with van der Waals surface area (Å²) in [5.41, 5.74) is 0.928. The van der Waals surface area contributed by atoms with Crippen molar-refractivity contribution in [1.29, 1.82) is 0 Å². The van der Waals surface area contributed by atoms with E-state index in [0.29, 0.717) is 0 Å². The van der Waals surface area contributed by atoms with Crippen LogP contribution in [0, 0.1) is 6.92 Å². The Morgan fingerprint density at radius 2 is 0.905 bits per heavy atom. The molecule has 0 heterocycles. The number of rotatable bonds is 15. The fraction of sp³-hybridized carbons (Fsp3) is 0.333. The van der Waals surface area contributed by atoms with E-state index in [0.717, 1.165) is 18.4 Å². The molecular weight excluding hydrogens is 562 g/mol. The van der Waals surface area contributed by atoms with Crippen LogP contribution in [-0.2, 0) is 10.1 Å². The van der Waals surface area contributed by atoms with Gasteiger partial charge in [-0.05, 0) is 74.7 Å². The second kappa shape index (κ2) is 18.0. The third-order valence-electron chi connectivity index (χ3n) is 7.53. The van der Waals surface area contributed by atoms with Crippen LogP contribution in [0.5, 0.6) is 0 Å². The van der Waals surface area contributed by atoms with E-state index in [1.54, 1.807) is 12.1 Å². The summed E-state index contributed by atoms with van der Waals surface area (Å²) in [6.07, 6.45) is 11.9. The van der Waals surface area contributed by atoms with E-state index < -0.39 is 17.4 Å². The molecule has 0 radical (unpaired) electrons. The quantitative estimate of drug-likeness (QED) is 0.0776. The van der Waals surface area contributed by atoms with Gasteiger partial charge in [0.1, 0.15) is 33.3 Å². The molecule has 6 heteroatoms. The first-order valence-electron chi connectivity index (χ1n) is 15.0. The molecule has 0 saturated heterocycles. The molecular formula is C36H44FO3PS. The van der Waals surface area contributed by atoms with Gasteiger partial charge in [-0.2, -0.15) is 0 Å². The lowest BCUT2D eigenvalue weighted by Crippen LogP contribution is -2.33. The molecule has 0 aromatic heterocycles. The molecule has 4 aromatic carbocycles. The van der Waals surface area contributed by atoms with Gasteiger partial charge >= 0.3 is 0 Å². The highest BCUT2D eigenvalue weighted by Crippen LogP contribution is 2.56. The largest absolute Gasteiger partial charge is 0.744 e. The highest BCUT2D eigenvalue weighted by atomic mass is 32.2. The Balaban J connectivity index is 0.000000369. The minimum absolute atomic E-state index is 0.158. The van der Waals surface area contributed by atoms with Crippen LogP contribution in [0.3, 0.4) is 0 Å². The number of benzene rings is 4. The summed E-state index contributed by atoms with van der Waals surface area (Å²) in [6, 6.07) is 39.4. The average molecular weight is 607 g/mol. The minimum Gasteiger partial charge on any atom is -0.744 e. The van der Waals surface area contributed by atoms with Crippen molar-refractivity contribution >= 4 is 33.3 Å². The van der Waals surface area contributed by atoms with E-state index in [1.807, 2.05) is 6.92 Å². The zero-order valence-electron chi connectivity index (χ0n) is 24.7. The van der Waals surface area contributed by atoms with E-state index in [-0.39, 0.29) is 11.6 Å². The van der Waals surface area contributed by atoms with E-state index in [9.17, 15) is 17.4 Å². The molecule has 0 fully saturated rings. The van der Waals surface area contributed by atoms with Crippen LogP contribution in [0.25, 0.3) is 0 Å². The summed E-state index contributed by atoms with van der Waals surface area (Å²) in [7, 11) is -5.93. The van der Waals surface area contributed by atoms with Gasteiger partial charge in [-0.1, -0.05) is 111 Å². The standard InChI is InChI=1S/C29H37FP.C7H8O3S/c30-25-17-6-4-2-1-3-5-7-18-26-31(27-19-11-8-12-20-27,28-21-13-9-14-22-28)29-23-15-10-16-24-29;1-6-2-4-7(5-3-6)11(8,9)10/h8-16,19-24H,1-7,17-18,25-26H2;2-5H,1H3,(H,8,9,10)/q+1;/p-1. The normalized spacial score (nSPS) is 11.5. The van der Waals surface area contributed by atoms with E-state index in [1.165, 1.54) is 79.2 Å². The topological polar surface area (TPSA) is 57.2 Å². The lowest BCUT2D eigenvalue weighted by atomic mass is 10.1. The third-order valence-corrected chi connectivity index (χ3v) is 12.9. The number of halogens is 1. The molecule has 0 unspecified atom stereocenters. The van der Waals surface area contributed by atoms with Gasteiger partial charge in [0.25, 0.3) is 0 Å². The molecule has 42 heavy (non-hydrogen) atoms. The maximum absolute atomic E-state index is 12.2. The first-order chi connectivity index (χ1) is 20.4. The van der Waals surface area contributed by atoms with Crippen molar-refractivity contribution in [2.45, 2.75) is 69.6 Å². The molecule has 224 valence electrons. The summed E-state index contributed by atoms with van der Waals surface area (Å²) in [4.78, 5) is -0.178. The first kappa shape index (κ1) is 33.6. The Hall–Kier alpha value is -2.85. The lowest BCUT2D eigenvalue weighted by molar-refractivity contribution is 0.449. The van der Waals surface area contributed by atoms with Crippen molar-refractivity contribution in [3.8, 4) is 0 Å². The Morgan fingerprint density at radius 3 is 1.26 bits per heavy atom. The maximum atomic E-state index is 12.2. The van der Waals surface area contributed by atoms with Gasteiger partial charge in [0.15, 0.2) is 0 Å². The van der Waals surface area contributed by atoms with E-state index in [2.05, 4.69) is 91.0 Å². The molecule has 0 N–H and O–H groups in total. The summed E-state index contributed by atoms with van der Waals surface area (Å²) < 4.78 is 43.3. The first-order valence-corrected chi connectivity index (χ1v) is 18.4. The molecule has 4 rings (SSSR count). The van der Waals surface area contributed by atoms with Crippen LogP contribution in [0.1, 0.15) is 63.4 Å². The fourth-order valence-corrected chi connectivity index (χ4v) is 10.1. The Morgan fingerprint density at radius 1 is 0.548 bits per heavy atom. The molecule has 0 aliphatic carbocycles. The van der Waals surface area contributed by atoms with Gasteiger partial charge in [-0.3, -0.25) is 4.39 Å². The van der Waals surface area contributed by atoms with Crippen LogP contribution in [-0.4, -0.2) is 25.8 Å². The zero-order valence-corrected chi connectivity index (χ0v) is 26.4. The highest BCUT2D eigenvalue weighted by Gasteiger charge is 2.44. The van der Waals surface area contributed by atoms with E-state index in [4.69, 9.17) is 0 Å². The fourth-order valence-electron chi connectivity index (χ4n) is 5.27. The average Bonchev–Trinajstić information content (AvgIpc) is 3.01. The summed E-state index contributed by atoms with van der Waals surface area (Å²) in [5.74, 6) is 0. The Bertz CT molecular complexity index is 1280.